The molecule has 2 aliphatic rings. The maximum absolute atomic E-state index is 14.9. The second-order valence-electron chi connectivity index (χ2n) is 6.80. The van der Waals surface area contributed by atoms with Crippen molar-refractivity contribution in [2.45, 2.75) is 19.4 Å². The van der Waals surface area contributed by atoms with Crippen LogP contribution in [0.3, 0.4) is 0 Å². The summed E-state index contributed by atoms with van der Waals surface area (Å²) in [4.78, 5) is 14.9. The molecule has 25 heavy (non-hydrogen) atoms. The number of rotatable bonds is 2. The van der Waals surface area contributed by atoms with Gasteiger partial charge in [0, 0.05) is 19.1 Å². The molecule has 0 aromatic heterocycles. The fraction of sp³-hybridized carbons (Fsp3) is 0.350. The molecular formula is C20H22ClFN2O. The van der Waals surface area contributed by atoms with Crippen LogP contribution in [0.25, 0.3) is 11.1 Å². The lowest BCUT2D eigenvalue weighted by Gasteiger charge is -2.46. The number of halogens is 2. The van der Waals surface area contributed by atoms with Gasteiger partial charge < -0.3 is 10.2 Å². The number of hydrogen-bond acceptors (Lipinski definition) is 2. The van der Waals surface area contributed by atoms with Crippen LogP contribution in [0.1, 0.15) is 22.3 Å². The van der Waals surface area contributed by atoms with Gasteiger partial charge in [0.05, 0.1) is 5.56 Å². The van der Waals surface area contributed by atoms with Crippen LogP contribution < -0.4 is 5.32 Å². The number of nitrogens with one attached hydrogen (secondary N) is 1. The van der Waals surface area contributed by atoms with Crippen LogP contribution in [0, 0.1) is 18.7 Å². The molecule has 1 N–H and O–H groups in total. The summed E-state index contributed by atoms with van der Waals surface area (Å²) < 4.78 is 14.9. The Balaban J connectivity index is 0.00000182. The van der Waals surface area contributed by atoms with Crippen molar-refractivity contribution in [2.75, 3.05) is 19.6 Å². The SMILES string of the molecule is Cc1ccc(-c2ccccc2)c(C(=O)N2CC[C@H]3CN[C@H]3C2)c1F.Cl. The Morgan fingerprint density at radius 3 is 2.60 bits per heavy atom. The van der Waals surface area contributed by atoms with E-state index in [0.717, 1.165) is 18.5 Å². The van der Waals surface area contributed by atoms with E-state index in [1.165, 1.54) is 0 Å². The Labute approximate surface area is 153 Å². The van der Waals surface area contributed by atoms with E-state index in [9.17, 15) is 9.18 Å². The molecular weight excluding hydrogens is 339 g/mol. The third-order valence-corrected chi connectivity index (χ3v) is 5.32. The average Bonchev–Trinajstić information content (AvgIpc) is 2.58. The Kier molecular flexibility index (Phi) is 5.11. The van der Waals surface area contributed by atoms with E-state index in [1.54, 1.807) is 17.9 Å². The van der Waals surface area contributed by atoms with Gasteiger partial charge in [-0.2, -0.15) is 0 Å². The highest BCUT2D eigenvalue weighted by Crippen LogP contribution is 2.31. The van der Waals surface area contributed by atoms with Crippen molar-refractivity contribution in [3.05, 3.63) is 59.4 Å². The normalized spacial score (nSPS) is 21.8. The minimum absolute atomic E-state index is 0. The zero-order valence-corrected chi connectivity index (χ0v) is 15.0. The molecule has 0 unspecified atom stereocenters. The third-order valence-electron chi connectivity index (χ3n) is 5.32. The van der Waals surface area contributed by atoms with E-state index in [1.807, 2.05) is 36.4 Å². The number of carbonyl (C=O) groups is 1. The first-order valence-corrected chi connectivity index (χ1v) is 8.52. The van der Waals surface area contributed by atoms with Crippen LogP contribution in [-0.2, 0) is 0 Å². The van der Waals surface area contributed by atoms with Crippen LogP contribution in [-0.4, -0.2) is 36.5 Å². The monoisotopic (exact) mass is 360 g/mol. The van der Waals surface area contributed by atoms with Crippen molar-refractivity contribution in [3.63, 3.8) is 0 Å². The predicted molar refractivity (Wildman–Crippen MR) is 99.6 cm³/mol. The first-order chi connectivity index (χ1) is 11.6. The molecule has 0 saturated carbocycles. The summed E-state index contributed by atoms with van der Waals surface area (Å²) in [6.45, 7) is 4.13. The van der Waals surface area contributed by atoms with E-state index < -0.39 is 5.82 Å². The van der Waals surface area contributed by atoms with Crippen molar-refractivity contribution in [1.82, 2.24) is 10.2 Å². The molecule has 1 amide bonds. The van der Waals surface area contributed by atoms with Gasteiger partial charge in [0.2, 0.25) is 0 Å². The molecule has 2 aliphatic heterocycles. The van der Waals surface area contributed by atoms with Crippen molar-refractivity contribution in [3.8, 4) is 11.1 Å². The van der Waals surface area contributed by atoms with Crippen LogP contribution in [0.2, 0.25) is 0 Å². The molecule has 0 bridgehead atoms. The molecule has 132 valence electrons. The predicted octanol–water partition coefficient (Wildman–Crippen LogP) is 3.66. The van der Waals surface area contributed by atoms with E-state index >= 15 is 0 Å². The quantitative estimate of drug-likeness (QED) is 0.886. The topological polar surface area (TPSA) is 32.3 Å². The van der Waals surface area contributed by atoms with Crippen LogP contribution >= 0.6 is 12.4 Å². The number of piperidine rings is 1. The van der Waals surface area contributed by atoms with Crippen molar-refractivity contribution < 1.29 is 9.18 Å². The van der Waals surface area contributed by atoms with Crippen LogP contribution in [0.5, 0.6) is 0 Å². The van der Waals surface area contributed by atoms with Gasteiger partial charge in [-0.25, -0.2) is 4.39 Å². The summed E-state index contributed by atoms with van der Waals surface area (Å²) in [6, 6.07) is 13.5. The minimum Gasteiger partial charge on any atom is -0.337 e. The van der Waals surface area contributed by atoms with Gasteiger partial charge in [-0.05, 0) is 42.5 Å². The lowest BCUT2D eigenvalue weighted by Crippen LogP contribution is -2.62. The van der Waals surface area contributed by atoms with Crippen molar-refractivity contribution in [1.29, 1.82) is 0 Å². The standard InChI is InChI=1S/C20H21FN2O.ClH/c1-13-7-8-16(14-5-3-2-4-6-14)18(19(13)21)20(24)23-10-9-15-11-22-17(15)12-23;/h2-8,15,17,22H,9-12H2,1H3;1H/t15-,17-;/m0./s1. The Morgan fingerprint density at radius 1 is 1.20 bits per heavy atom. The lowest BCUT2D eigenvalue weighted by atomic mass is 9.84. The second kappa shape index (κ2) is 7.14. The highest BCUT2D eigenvalue weighted by Gasteiger charge is 2.38. The van der Waals surface area contributed by atoms with Crippen molar-refractivity contribution in [2.24, 2.45) is 5.92 Å². The van der Waals surface area contributed by atoms with E-state index in [2.05, 4.69) is 5.32 Å². The van der Waals surface area contributed by atoms with Gasteiger partial charge in [0.1, 0.15) is 5.82 Å². The van der Waals surface area contributed by atoms with Crippen molar-refractivity contribution >= 4 is 18.3 Å². The summed E-state index contributed by atoms with van der Waals surface area (Å²) in [5.41, 5.74) is 2.26. The van der Waals surface area contributed by atoms with Gasteiger partial charge in [-0.3, -0.25) is 4.79 Å². The summed E-state index contributed by atoms with van der Waals surface area (Å²) in [7, 11) is 0. The molecule has 2 atom stereocenters. The van der Waals surface area contributed by atoms with Gasteiger partial charge >= 0.3 is 0 Å². The number of fused-ring (bicyclic) bond motifs is 1. The summed E-state index contributed by atoms with van der Waals surface area (Å²) >= 11 is 0. The molecule has 0 spiro atoms. The minimum atomic E-state index is -0.398. The maximum Gasteiger partial charge on any atom is 0.257 e. The summed E-state index contributed by atoms with van der Waals surface area (Å²) in [6.07, 6.45) is 0.998. The van der Waals surface area contributed by atoms with E-state index in [0.29, 0.717) is 36.2 Å². The summed E-state index contributed by atoms with van der Waals surface area (Å²) in [5.74, 6) is 0.0808. The van der Waals surface area contributed by atoms with E-state index in [4.69, 9.17) is 0 Å². The third kappa shape index (κ3) is 3.16. The number of benzene rings is 2. The molecule has 5 heteroatoms. The molecule has 0 aliphatic carbocycles. The maximum atomic E-state index is 14.9. The first-order valence-electron chi connectivity index (χ1n) is 8.52. The highest BCUT2D eigenvalue weighted by atomic mass is 35.5. The Bertz CT molecular complexity index is 781. The van der Waals surface area contributed by atoms with Gasteiger partial charge in [0.25, 0.3) is 5.91 Å². The Hall–Kier alpha value is -1.91. The number of likely N-dealkylation sites (tertiary alicyclic amines) is 1. The number of amides is 1. The molecule has 2 fully saturated rings. The molecule has 2 heterocycles. The molecule has 0 radical (unpaired) electrons. The number of nitrogens with zero attached hydrogens (tertiary/aromatic N) is 1. The zero-order chi connectivity index (χ0) is 16.7. The largest absolute Gasteiger partial charge is 0.337 e. The Morgan fingerprint density at radius 2 is 1.96 bits per heavy atom. The average molecular weight is 361 g/mol. The fourth-order valence-electron chi connectivity index (χ4n) is 3.71. The van der Waals surface area contributed by atoms with Crippen LogP contribution in [0.15, 0.2) is 42.5 Å². The fourth-order valence-corrected chi connectivity index (χ4v) is 3.71. The molecule has 2 aromatic rings. The van der Waals surface area contributed by atoms with Gasteiger partial charge in [-0.1, -0.05) is 42.5 Å². The smallest absolute Gasteiger partial charge is 0.257 e. The second-order valence-corrected chi connectivity index (χ2v) is 6.80. The first kappa shape index (κ1) is 17.9. The molecule has 3 nitrogen and oxygen atoms in total. The molecule has 2 aromatic carbocycles. The number of carbonyl (C=O) groups excluding carboxylic acids is 1. The van der Waals surface area contributed by atoms with Gasteiger partial charge in [-0.15, -0.1) is 12.4 Å². The molecule has 4 rings (SSSR count). The van der Waals surface area contributed by atoms with E-state index in [-0.39, 0.29) is 23.9 Å². The number of hydrogen-bond donors (Lipinski definition) is 1. The van der Waals surface area contributed by atoms with Crippen LogP contribution in [0.4, 0.5) is 4.39 Å². The van der Waals surface area contributed by atoms with Gasteiger partial charge in [0.15, 0.2) is 0 Å². The lowest BCUT2D eigenvalue weighted by molar-refractivity contribution is 0.0515. The summed E-state index contributed by atoms with van der Waals surface area (Å²) in [5, 5.41) is 3.37. The highest BCUT2D eigenvalue weighted by molar-refractivity contribution is 6.01. The zero-order valence-electron chi connectivity index (χ0n) is 14.2. The molecule has 2 saturated heterocycles. The number of aryl methyl sites for hydroxylation is 1.